The van der Waals surface area contributed by atoms with Crippen molar-refractivity contribution in [2.75, 3.05) is 11.1 Å². The third-order valence-corrected chi connectivity index (χ3v) is 5.29. The molecule has 0 bridgehead atoms. The van der Waals surface area contributed by atoms with Gasteiger partial charge in [0.15, 0.2) is 0 Å². The van der Waals surface area contributed by atoms with Gasteiger partial charge in [0.25, 0.3) is 0 Å². The highest BCUT2D eigenvalue weighted by Gasteiger charge is 2.08. The molecule has 0 fully saturated rings. The van der Waals surface area contributed by atoms with Crippen LogP contribution in [-0.2, 0) is 4.79 Å². The van der Waals surface area contributed by atoms with Crippen molar-refractivity contribution < 1.29 is 9.90 Å². The van der Waals surface area contributed by atoms with Gasteiger partial charge in [0.05, 0.1) is 23.5 Å². The number of nitrogens with zero attached hydrogens (tertiary/aromatic N) is 2. The number of aromatic nitrogens is 1. The van der Waals surface area contributed by atoms with Gasteiger partial charge in [-0.05, 0) is 43.2 Å². The minimum atomic E-state index is -1.00. The summed E-state index contributed by atoms with van der Waals surface area (Å²) in [5, 5.41) is 25.1. The Bertz CT molecular complexity index is 998. The van der Waals surface area contributed by atoms with E-state index in [0.717, 1.165) is 39.2 Å². The van der Waals surface area contributed by atoms with Gasteiger partial charge in [-0.2, -0.15) is 5.26 Å². The van der Waals surface area contributed by atoms with E-state index in [1.807, 2.05) is 42.5 Å². The molecule has 0 aliphatic carbocycles. The fraction of sp³-hybridized carbons (Fsp3) is 0.190. The lowest BCUT2D eigenvalue weighted by Crippen LogP contribution is -2.21. The van der Waals surface area contributed by atoms with Crippen LogP contribution in [0.15, 0.2) is 59.8 Å². The molecule has 1 aromatic heterocycles. The summed E-state index contributed by atoms with van der Waals surface area (Å²) in [5.41, 5.74) is 2.44. The quantitative estimate of drug-likeness (QED) is 0.474. The minimum absolute atomic E-state index is 0.0965. The molecule has 0 saturated heterocycles. The number of rotatable bonds is 8. The minimum Gasteiger partial charge on any atom is -0.550 e. The van der Waals surface area contributed by atoms with E-state index >= 15 is 0 Å². The number of anilines is 2. The Balaban J connectivity index is 1.78. The van der Waals surface area contributed by atoms with Crippen LogP contribution in [0, 0.1) is 11.3 Å². The molecule has 3 rings (SSSR count). The van der Waals surface area contributed by atoms with Crippen LogP contribution in [0.3, 0.4) is 0 Å². The molecular weight excluding hydrogens is 358 g/mol. The number of carbonyl (C=O) groups excluding carboxylic acids is 1. The molecule has 0 radical (unpaired) electrons. The zero-order chi connectivity index (χ0) is 19.1. The van der Waals surface area contributed by atoms with E-state index in [2.05, 4.69) is 16.4 Å². The van der Waals surface area contributed by atoms with Crippen molar-refractivity contribution in [3.05, 3.63) is 60.4 Å². The highest BCUT2D eigenvalue weighted by Crippen LogP contribution is 2.33. The first-order valence-electron chi connectivity index (χ1n) is 8.64. The number of carboxylic acids is 1. The summed E-state index contributed by atoms with van der Waals surface area (Å²) in [6.45, 7) is 0. The number of hydrogen-bond acceptors (Lipinski definition) is 6. The molecule has 0 aliphatic rings. The van der Waals surface area contributed by atoms with Crippen LogP contribution in [0.4, 0.5) is 11.4 Å². The summed E-state index contributed by atoms with van der Waals surface area (Å²) in [7, 11) is 0. The highest BCUT2D eigenvalue weighted by molar-refractivity contribution is 7.99. The number of aliphatic carboxylic acids is 1. The summed E-state index contributed by atoms with van der Waals surface area (Å²) < 4.78 is 0. The van der Waals surface area contributed by atoms with Gasteiger partial charge in [0.2, 0.25) is 0 Å². The monoisotopic (exact) mass is 376 g/mol. The summed E-state index contributed by atoms with van der Waals surface area (Å²) >= 11 is 1.66. The second kappa shape index (κ2) is 9.06. The van der Waals surface area contributed by atoms with E-state index in [9.17, 15) is 15.2 Å². The maximum absolute atomic E-state index is 10.5. The fourth-order valence-electron chi connectivity index (χ4n) is 2.81. The van der Waals surface area contributed by atoms with E-state index in [0.29, 0.717) is 12.0 Å². The molecule has 0 unspecified atom stereocenters. The SMILES string of the molecule is N#Cc1ccc(Nc2cnccc2SCCCCC(=O)[O-])c2ccccc12. The zero-order valence-electron chi connectivity index (χ0n) is 14.6. The van der Waals surface area contributed by atoms with Gasteiger partial charge >= 0.3 is 0 Å². The summed E-state index contributed by atoms with van der Waals surface area (Å²) in [5.74, 6) is -0.181. The van der Waals surface area contributed by atoms with Crippen molar-refractivity contribution in [1.82, 2.24) is 4.98 Å². The van der Waals surface area contributed by atoms with E-state index in [-0.39, 0.29) is 6.42 Å². The van der Waals surface area contributed by atoms with E-state index in [1.165, 1.54) is 0 Å². The summed E-state index contributed by atoms with van der Waals surface area (Å²) in [4.78, 5) is 15.7. The maximum atomic E-state index is 10.5. The molecule has 136 valence electrons. The van der Waals surface area contributed by atoms with E-state index < -0.39 is 5.97 Å². The predicted molar refractivity (Wildman–Crippen MR) is 106 cm³/mol. The number of benzene rings is 2. The third kappa shape index (κ3) is 4.78. The molecule has 0 atom stereocenters. The number of fused-ring (bicyclic) bond motifs is 1. The average molecular weight is 376 g/mol. The van der Waals surface area contributed by atoms with Gasteiger partial charge in [-0.15, -0.1) is 11.8 Å². The van der Waals surface area contributed by atoms with Crippen molar-refractivity contribution in [3.63, 3.8) is 0 Å². The van der Waals surface area contributed by atoms with Crippen LogP contribution < -0.4 is 10.4 Å². The van der Waals surface area contributed by atoms with Gasteiger partial charge in [0.1, 0.15) is 0 Å². The second-order valence-corrected chi connectivity index (χ2v) is 7.13. The molecule has 1 N–H and O–H groups in total. The number of unbranched alkanes of at least 4 members (excludes halogenated alkanes) is 1. The first-order chi connectivity index (χ1) is 13.2. The number of carboxylic acid groups (broad SMARTS) is 1. The van der Waals surface area contributed by atoms with Crippen LogP contribution in [0.2, 0.25) is 0 Å². The Kier molecular flexibility index (Phi) is 6.29. The first-order valence-corrected chi connectivity index (χ1v) is 9.63. The van der Waals surface area contributed by atoms with Crippen LogP contribution in [0.1, 0.15) is 24.8 Å². The Morgan fingerprint density at radius 2 is 1.93 bits per heavy atom. The van der Waals surface area contributed by atoms with Crippen molar-refractivity contribution in [2.45, 2.75) is 24.2 Å². The van der Waals surface area contributed by atoms with Gasteiger partial charge in [-0.25, -0.2) is 0 Å². The topological polar surface area (TPSA) is 88.8 Å². The molecule has 6 heteroatoms. The van der Waals surface area contributed by atoms with Gasteiger partial charge in [-0.3, -0.25) is 4.98 Å². The number of carbonyl (C=O) groups is 1. The molecule has 3 aromatic rings. The summed E-state index contributed by atoms with van der Waals surface area (Å²) in [6, 6.07) is 15.7. The lowest BCUT2D eigenvalue weighted by Gasteiger charge is -2.14. The van der Waals surface area contributed by atoms with Gasteiger partial charge < -0.3 is 15.2 Å². The average Bonchev–Trinajstić information content (AvgIpc) is 2.69. The van der Waals surface area contributed by atoms with Gasteiger partial charge in [-0.1, -0.05) is 24.3 Å². The van der Waals surface area contributed by atoms with Crippen molar-refractivity contribution in [2.24, 2.45) is 0 Å². The Morgan fingerprint density at radius 1 is 1.11 bits per heavy atom. The normalized spacial score (nSPS) is 10.5. The van der Waals surface area contributed by atoms with E-state index in [1.54, 1.807) is 24.2 Å². The van der Waals surface area contributed by atoms with Crippen LogP contribution in [0.25, 0.3) is 10.8 Å². The fourth-order valence-corrected chi connectivity index (χ4v) is 3.79. The molecule has 0 aliphatic heterocycles. The second-order valence-electron chi connectivity index (χ2n) is 5.99. The van der Waals surface area contributed by atoms with Crippen LogP contribution in [-0.4, -0.2) is 16.7 Å². The molecule has 0 amide bonds. The maximum Gasteiger partial charge on any atom is 0.0998 e. The van der Waals surface area contributed by atoms with Crippen molar-refractivity contribution in [3.8, 4) is 6.07 Å². The molecule has 1 heterocycles. The molecule has 5 nitrogen and oxygen atoms in total. The number of nitrogens with one attached hydrogen (secondary N) is 1. The Morgan fingerprint density at radius 3 is 2.70 bits per heavy atom. The lowest BCUT2D eigenvalue weighted by molar-refractivity contribution is -0.305. The van der Waals surface area contributed by atoms with Crippen molar-refractivity contribution >= 4 is 39.9 Å². The predicted octanol–water partition coefficient (Wildman–Crippen LogP) is 3.86. The van der Waals surface area contributed by atoms with Crippen LogP contribution in [0.5, 0.6) is 0 Å². The molecular formula is C21H18N3O2S-. The first kappa shape index (κ1) is 18.7. The van der Waals surface area contributed by atoms with E-state index in [4.69, 9.17) is 0 Å². The number of thioether (sulfide) groups is 1. The Labute approximate surface area is 162 Å². The zero-order valence-corrected chi connectivity index (χ0v) is 15.5. The largest absolute Gasteiger partial charge is 0.550 e. The number of pyridine rings is 1. The van der Waals surface area contributed by atoms with Crippen molar-refractivity contribution in [1.29, 1.82) is 5.26 Å². The standard InChI is InChI=1S/C21H19N3O2S/c22-13-15-8-9-18(17-6-2-1-5-16(15)17)24-19-14-23-11-10-20(19)27-12-4-3-7-21(25)26/h1-2,5-6,8-11,14,24H,3-4,7,12H2,(H,25,26)/p-1. The molecule has 27 heavy (non-hydrogen) atoms. The van der Waals surface area contributed by atoms with Gasteiger partial charge in [0, 0.05) is 33.5 Å². The number of nitriles is 1. The molecule has 2 aromatic carbocycles. The molecule has 0 spiro atoms. The lowest BCUT2D eigenvalue weighted by atomic mass is 10.0. The Hall–Kier alpha value is -3.04. The number of hydrogen-bond donors (Lipinski definition) is 1. The summed E-state index contributed by atoms with van der Waals surface area (Å²) in [6.07, 6.45) is 5.03. The third-order valence-electron chi connectivity index (χ3n) is 4.13. The van der Waals surface area contributed by atoms with Crippen LogP contribution >= 0.6 is 11.8 Å². The molecule has 0 saturated carbocycles. The highest BCUT2D eigenvalue weighted by atomic mass is 32.2. The smallest absolute Gasteiger partial charge is 0.0998 e.